The monoisotopic (exact) mass is 221 g/mol. The highest BCUT2D eigenvalue weighted by atomic mass is 16.7. The summed E-state index contributed by atoms with van der Waals surface area (Å²) in [6.07, 6.45) is 0. The molecular formula is C11H15N3O2. The molecule has 1 aromatic carbocycles. The van der Waals surface area contributed by atoms with Crippen LogP contribution in [0.5, 0.6) is 11.5 Å². The molecule has 5 heteroatoms. The summed E-state index contributed by atoms with van der Waals surface area (Å²) in [6, 6.07) is 5.86. The van der Waals surface area contributed by atoms with E-state index in [9.17, 15) is 0 Å². The number of benzene rings is 1. The Bertz CT molecular complexity index is 418. The molecule has 1 heterocycles. The molecule has 86 valence electrons. The van der Waals surface area contributed by atoms with Crippen molar-refractivity contribution in [1.82, 2.24) is 4.90 Å². The van der Waals surface area contributed by atoms with Crippen molar-refractivity contribution in [3.05, 3.63) is 23.8 Å². The number of aliphatic imine (C=N–C) groups is 1. The Kier molecular flexibility index (Phi) is 2.85. The van der Waals surface area contributed by atoms with Crippen LogP contribution in [0.4, 0.5) is 0 Å². The average molecular weight is 221 g/mol. The minimum absolute atomic E-state index is 0.299. The van der Waals surface area contributed by atoms with Gasteiger partial charge in [-0.05, 0) is 17.7 Å². The predicted molar refractivity (Wildman–Crippen MR) is 61.6 cm³/mol. The second kappa shape index (κ2) is 4.30. The number of hydrogen-bond donors (Lipinski definition) is 1. The molecule has 1 aromatic rings. The standard InChI is InChI=1S/C11H15N3O2/c1-13-11(12)14(2)6-8-3-4-9-10(5-8)16-7-15-9/h3-5H,6-7H2,1-2H3,(H2,12,13). The second-order valence-electron chi connectivity index (χ2n) is 3.63. The van der Waals surface area contributed by atoms with Crippen molar-refractivity contribution in [1.29, 1.82) is 0 Å². The van der Waals surface area contributed by atoms with Crippen LogP contribution >= 0.6 is 0 Å². The van der Waals surface area contributed by atoms with E-state index in [2.05, 4.69) is 4.99 Å². The summed E-state index contributed by atoms with van der Waals surface area (Å²) in [6.45, 7) is 0.993. The minimum atomic E-state index is 0.299. The maximum absolute atomic E-state index is 5.70. The Morgan fingerprint density at radius 3 is 2.94 bits per heavy atom. The molecule has 0 aliphatic carbocycles. The fourth-order valence-electron chi connectivity index (χ4n) is 1.56. The van der Waals surface area contributed by atoms with E-state index in [1.54, 1.807) is 7.05 Å². The molecule has 2 rings (SSSR count). The fraction of sp³-hybridized carbons (Fsp3) is 0.364. The Morgan fingerprint density at radius 1 is 1.44 bits per heavy atom. The molecule has 0 atom stereocenters. The zero-order chi connectivity index (χ0) is 11.5. The van der Waals surface area contributed by atoms with Crippen LogP contribution < -0.4 is 15.2 Å². The van der Waals surface area contributed by atoms with Crippen LogP contribution in [-0.2, 0) is 6.54 Å². The minimum Gasteiger partial charge on any atom is -0.454 e. The lowest BCUT2D eigenvalue weighted by molar-refractivity contribution is 0.174. The van der Waals surface area contributed by atoms with E-state index < -0.39 is 0 Å². The van der Waals surface area contributed by atoms with Gasteiger partial charge in [0.15, 0.2) is 17.5 Å². The summed E-state index contributed by atoms with van der Waals surface area (Å²) in [7, 11) is 3.57. The molecule has 1 aliphatic rings. The molecule has 16 heavy (non-hydrogen) atoms. The van der Waals surface area contributed by atoms with E-state index in [4.69, 9.17) is 15.2 Å². The molecule has 2 N–H and O–H groups in total. The lowest BCUT2D eigenvalue weighted by atomic mass is 10.2. The maximum Gasteiger partial charge on any atom is 0.231 e. The van der Waals surface area contributed by atoms with Gasteiger partial charge in [-0.25, -0.2) is 0 Å². The first-order chi connectivity index (χ1) is 7.70. The summed E-state index contributed by atoms with van der Waals surface area (Å²) in [5.41, 5.74) is 6.81. The summed E-state index contributed by atoms with van der Waals surface area (Å²) in [5, 5.41) is 0. The van der Waals surface area contributed by atoms with E-state index >= 15 is 0 Å². The van der Waals surface area contributed by atoms with Crippen molar-refractivity contribution in [2.75, 3.05) is 20.9 Å². The van der Waals surface area contributed by atoms with E-state index in [0.29, 0.717) is 19.3 Å². The molecule has 0 saturated carbocycles. The molecule has 0 unspecified atom stereocenters. The smallest absolute Gasteiger partial charge is 0.231 e. The number of ether oxygens (including phenoxy) is 2. The van der Waals surface area contributed by atoms with Gasteiger partial charge in [0.25, 0.3) is 0 Å². The zero-order valence-electron chi connectivity index (χ0n) is 9.43. The molecule has 0 bridgehead atoms. The molecule has 0 saturated heterocycles. The van der Waals surface area contributed by atoms with Gasteiger partial charge in [-0.2, -0.15) is 0 Å². The van der Waals surface area contributed by atoms with E-state index in [1.807, 2.05) is 30.1 Å². The molecule has 0 aromatic heterocycles. The van der Waals surface area contributed by atoms with Gasteiger partial charge >= 0.3 is 0 Å². The quantitative estimate of drug-likeness (QED) is 0.592. The highest BCUT2D eigenvalue weighted by Gasteiger charge is 2.13. The summed E-state index contributed by atoms with van der Waals surface area (Å²) in [4.78, 5) is 5.79. The number of nitrogens with zero attached hydrogens (tertiary/aromatic N) is 2. The SMILES string of the molecule is CN=C(N)N(C)Cc1ccc2c(c1)OCO2. The van der Waals surface area contributed by atoms with Gasteiger partial charge in [-0.1, -0.05) is 6.07 Å². The van der Waals surface area contributed by atoms with Crippen molar-refractivity contribution < 1.29 is 9.47 Å². The van der Waals surface area contributed by atoms with Crippen LogP contribution in [0.15, 0.2) is 23.2 Å². The van der Waals surface area contributed by atoms with Crippen LogP contribution in [0, 0.1) is 0 Å². The highest BCUT2D eigenvalue weighted by molar-refractivity contribution is 5.77. The average Bonchev–Trinajstić information content (AvgIpc) is 2.75. The van der Waals surface area contributed by atoms with Gasteiger partial charge in [0.2, 0.25) is 6.79 Å². The largest absolute Gasteiger partial charge is 0.454 e. The first-order valence-corrected chi connectivity index (χ1v) is 5.02. The molecule has 0 amide bonds. The van der Waals surface area contributed by atoms with E-state index in [-0.39, 0.29) is 0 Å². The summed E-state index contributed by atoms with van der Waals surface area (Å²) in [5.74, 6) is 2.10. The maximum atomic E-state index is 5.70. The second-order valence-corrected chi connectivity index (χ2v) is 3.63. The van der Waals surface area contributed by atoms with Crippen molar-refractivity contribution in [2.45, 2.75) is 6.54 Å². The third-order valence-corrected chi connectivity index (χ3v) is 2.48. The van der Waals surface area contributed by atoms with Crippen molar-refractivity contribution in [3.63, 3.8) is 0 Å². The lowest BCUT2D eigenvalue weighted by Gasteiger charge is -2.17. The Balaban J connectivity index is 2.11. The Hall–Kier alpha value is -1.91. The zero-order valence-corrected chi connectivity index (χ0v) is 9.43. The molecule has 5 nitrogen and oxygen atoms in total. The number of fused-ring (bicyclic) bond motifs is 1. The van der Waals surface area contributed by atoms with E-state index in [0.717, 1.165) is 17.1 Å². The topological polar surface area (TPSA) is 60.1 Å². The molecule has 0 radical (unpaired) electrons. The predicted octanol–water partition coefficient (Wildman–Crippen LogP) is 0.792. The lowest BCUT2D eigenvalue weighted by Crippen LogP contribution is -2.33. The normalized spacial score (nSPS) is 14.0. The van der Waals surface area contributed by atoms with Gasteiger partial charge < -0.3 is 20.1 Å². The van der Waals surface area contributed by atoms with Gasteiger partial charge in [0.05, 0.1) is 0 Å². The number of nitrogens with two attached hydrogens (primary N) is 1. The Morgan fingerprint density at radius 2 is 2.19 bits per heavy atom. The summed E-state index contributed by atoms with van der Waals surface area (Å²) < 4.78 is 10.5. The first kappa shape index (κ1) is 10.6. The van der Waals surface area contributed by atoms with Crippen molar-refractivity contribution in [2.24, 2.45) is 10.7 Å². The molecular weight excluding hydrogens is 206 g/mol. The van der Waals surface area contributed by atoms with E-state index in [1.165, 1.54) is 0 Å². The molecule has 0 spiro atoms. The van der Waals surface area contributed by atoms with Crippen LogP contribution in [0.25, 0.3) is 0 Å². The van der Waals surface area contributed by atoms with Crippen LogP contribution in [0.2, 0.25) is 0 Å². The number of guanidine groups is 1. The van der Waals surface area contributed by atoms with Crippen LogP contribution in [0.3, 0.4) is 0 Å². The first-order valence-electron chi connectivity index (χ1n) is 5.02. The molecule has 0 fully saturated rings. The number of hydrogen-bond acceptors (Lipinski definition) is 3. The van der Waals surface area contributed by atoms with Crippen molar-refractivity contribution >= 4 is 5.96 Å². The fourth-order valence-corrected chi connectivity index (χ4v) is 1.56. The number of rotatable bonds is 2. The van der Waals surface area contributed by atoms with Gasteiger partial charge in [-0.15, -0.1) is 0 Å². The van der Waals surface area contributed by atoms with Crippen molar-refractivity contribution in [3.8, 4) is 11.5 Å². The molecule has 1 aliphatic heterocycles. The van der Waals surface area contributed by atoms with Gasteiger partial charge in [-0.3, -0.25) is 4.99 Å². The Labute approximate surface area is 94.5 Å². The summed E-state index contributed by atoms with van der Waals surface area (Å²) >= 11 is 0. The third kappa shape index (κ3) is 2.03. The van der Waals surface area contributed by atoms with Crippen LogP contribution in [-0.4, -0.2) is 31.7 Å². The van der Waals surface area contributed by atoms with Gasteiger partial charge in [0.1, 0.15) is 0 Å². The van der Waals surface area contributed by atoms with Gasteiger partial charge in [0, 0.05) is 20.6 Å². The highest BCUT2D eigenvalue weighted by Crippen LogP contribution is 2.32. The van der Waals surface area contributed by atoms with Crippen LogP contribution in [0.1, 0.15) is 5.56 Å². The third-order valence-electron chi connectivity index (χ3n) is 2.48.